The Kier molecular flexibility index (Phi) is 8.59. The van der Waals surface area contributed by atoms with Crippen LogP contribution in [0.15, 0.2) is 0 Å². The summed E-state index contributed by atoms with van der Waals surface area (Å²) in [4.78, 5) is 5.31. The molecule has 0 radical (unpaired) electrons. The van der Waals surface area contributed by atoms with Crippen molar-refractivity contribution in [3.8, 4) is 0 Å². The van der Waals surface area contributed by atoms with Crippen molar-refractivity contribution in [2.45, 2.75) is 167 Å². The zero-order valence-electron chi connectivity index (χ0n) is 32.8. The molecule has 4 heterocycles. The minimum absolute atomic E-state index is 0.0179. The SMILES string of the molecule is C[C@@H]1CC([C@H](O)C(C)(C)O)OC2[C@H]1[C@@]1(C)CC[C@@]34C[C@@]35CC[C@H](O[C@H]3CN(C6CCN(C7COC7)CC6)CCO3)C(C)(C)[C@@H]5CCC4[C@]1(C)[C@H]2O. The predicted molar refractivity (Wildman–Crippen MR) is 194 cm³/mol. The van der Waals surface area contributed by atoms with Crippen LogP contribution in [0.3, 0.4) is 0 Å². The molecule has 14 atom stereocenters. The molecule has 51 heavy (non-hydrogen) atoms. The van der Waals surface area contributed by atoms with Crippen LogP contribution in [0.2, 0.25) is 0 Å². The van der Waals surface area contributed by atoms with E-state index in [9.17, 15) is 15.3 Å². The molecule has 290 valence electrons. The molecular weight excluding hydrogens is 644 g/mol. The van der Waals surface area contributed by atoms with Crippen molar-refractivity contribution in [2.24, 2.45) is 50.7 Å². The standard InChI is InChI=1S/C42H70N2O7/c1-25-20-28(35(45)38(4,5)47)50-34-33(25)39(6)14-15-42-24-41(42)13-10-31(37(2,3)29(41)8-9-30(42)40(39,7)36(34)46)51-32-21-44(18-19-49-32)26-11-16-43(17-12-26)27-22-48-23-27/h25-36,45-47H,8-24H2,1-7H3/t25-,28?,29+,30?,31+,32+,33+,34?,35+,36+,39-,40-,41-,42+/m1/s1. The Morgan fingerprint density at radius 3 is 2.25 bits per heavy atom. The highest BCUT2D eigenvalue weighted by molar-refractivity contribution is 5.33. The summed E-state index contributed by atoms with van der Waals surface area (Å²) < 4.78 is 25.6. The summed E-state index contributed by atoms with van der Waals surface area (Å²) in [6, 6.07) is 1.27. The fourth-order valence-electron chi connectivity index (χ4n) is 15.5. The number of piperidine rings is 1. The van der Waals surface area contributed by atoms with Crippen molar-refractivity contribution in [1.29, 1.82) is 0 Å². The van der Waals surface area contributed by atoms with Crippen LogP contribution in [0.5, 0.6) is 0 Å². The Bertz CT molecular complexity index is 1330. The number of hydrogen-bond donors (Lipinski definition) is 3. The molecule has 0 amide bonds. The third-order valence-electron chi connectivity index (χ3n) is 18.4. The highest BCUT2D eigenvalue weighted by Crippen LogP contribution is 2.89. The fourth-order valence-corrected chi connectivity index (χ4v) is 15.5. The maximum atomic E-state index is 12.5. The van der Waals surface area contributed by atoms with Crippen molar-refractivity contribution < 1.29 is 34.3 Å². The highest BCUT2D eigenvalue weighted by atomic mass is 16.7. The van der Waals surface area contributed by atoms with E-state index in [2.05, 4.69) is 44.4 Å². The molecule has 5 saturated carbocycles. The van der Waals surface area contributed by atoms with Gasteiger partial charge in [-0.25, -0.2) is 0 Å². The average Bonchev–Trinajstić information content (AvgIpc) is 3.69. The Morgan fingerprint density at radius 2 is 1.57 bits per heavy atom. The fraction of sp³-hybridized carbons (Fsp3) is 1.00. The summed E-state index contributed by atoms with van der Waals surface area (Å²) >= 11 is 0. The summed E-state index contributed by atoms with van der Waals surface area (Å²) in [6.07, 6.45) is 9.31. The van der Waals surface area contributed by atoms with Gasteiger partial charge in [-0.1, -0.05) is 34.6 Å². The molecule has 0 aromatic rings. The number of ether oxygens (including phenoxy) is 4. The van der Waals surface area contributed by atoms with Crippen molar-refractivity contribution in [2.75, 3.05) is 46.0 Å². The Morgan fingerprint density at radius 1 is 0.863 bits per heavy atom. The van der Waals surface area contributed by atoms with Crippen molar-refractivity contribution in [3.63, 3.8) is 0 Å². The molecular formula is C42H70N2O7. The van der Waals surface area contributed by atoms with Crippen LogP contribution in [0, 0.1) is 50.7 Å². The number of rotatable bonds is 6. The third-order valence-corrected chi connectivity index (χ3v) is 18.4. The first-order valence-electron chi connectivity index (χ1n) is 21.1. The third kappa shape index (κ3) is 5.03. The number of morpholine rings is 1. The van der Waals surface area contributed by atoms with E-state index in [1.807, 2.05) is 0 Å². The number of aliphatic hydroxyl groups is 3. The van der Waals surface area contributed by atoms with Crippen LogP contribution in [-0.4, -0.2) is 126 Å². The van der Waals surface area contributed by atoms with Gasteiger partial charge in [-0.05, 0) is 123 Å². The predicted octanol–water partition coefficient (Wildman–Crippen LogP) is 4.84. The molecule has 3 N–H and O–H groups in total. The van der Waals surface area contributed by atoms with Gasteiger partial charge in [0.25, 0.3) is 0 Å². The largest absolute Gasteiger partial charge is 0.390 e. The van der Waals surface area contributed by atoms with Crippen molar-refractivity contribution in [1.82, 2.24) is 9.80 Å². The lowest BCUT2D eigenvalue weighted by Gasteiger charge is -2.64. The number of likely N-dealkylation sites (tertiary alicyclic amines) is 1. The molecule has 9 aliphatic rings. The van der Waals surface area contributed by atoms with Gasteiger partial charge in [0.1, 0.15) is 6.10 Å². The summed E-state index contributed by atoms with van der Waals surface area (Å²) in [5.41, 5.74) is -0.814. The van der Waals surface area contributed by atoms with Crippen LogP contribution < -0.4 is 0 Å². The van der Waals surface area contributed by atoms with Gasteiger partial charge in [-0.15, -0.1) is 0 Å². The van der Waals surface area contributed by atoms with Gasteiger partial charge in [-0.3, -0.25) is 9.80 Å². The summed E-state index contributed by atoms with van der Waals surface area (Å²) in [7, 11) is 0. The summed E-state index contributed by atoms with van der Waals surface area (Å²) in [5.74, 6) is 1.66. The van der Waals surface area contributed by atoms with Gasteiger partial charge in [0.15, 0.2) is 6.29 Å². The average molecular weight is 715 g/mol. The summed E-state index contributed by atoms with van der Waals surface area (Å²) in [5, 5.41) is 34.3. The van der Waals surface area contributed by atoms with Crippen molar-refractivity contribution in [3.05, 3.63) is 0 Å². The molecule has 2 spiro atoms. The van der Waals surface area contributed by atoms with Crippen LogP contribution in [0.1, 0.15) is 113 Å². The van der Waals surface area contributed by atoms with Crippen LogP contribution in [0.4, 0.5) is 0 Å². The smallest absolute Gasteiger partial charge is 0.170 e. The Balaban J connectivity index is 0.891. The Labute approximate surface area is 307 Å². The van der Waals surface area contributed by atoms with Gasteiger partial charge in [-0.2, -0.15) is 0 Å². The van der Waals surface area contributed by atoms with Crippen LogP contribution in [-0.2, 0) is 18.9 Å². The number of fused-ring (bicyclic) bond motifs is 4. The number of nitrogens with zero attached hydrogens (tertiary/aromatic N) is 2. The maximum Gasteiger partial charge on any atom is 0.170 e. The topological polar surface area (TPSA) is 104 Å². The van der Waals surface area contributed by atoms with Gasteiger partial charge >= 0.3 is 0 Å². The first kappa shape index (κ1) is 36.3. The minimum atomic E-state index is -1.24. The summed E-state index contributed by atoms with van der Waals surface area (Å²) in [6.45, 7) is 22.4. The van der Waals surface area contributed by atoms with E-state index in [0.717, 1.165) is 58.6 Å². The molecule has 9 fully saturated rings. The van der Waals surface area contributed by atoms with E-state index in [0.29, 0.717) is 35.3 Å². The monoisotopic (exact) mass is 715 g/mol. The minimum Gasteiger partial charge on any atom is -0.390 e. The van der Waals surface area contributed by atoms with E-state index in [-0.39, 0.29) is 46.1 Å². The molecule has 3 unspecified atom stereocenters. The van der Waals surface area contributed by atoms with Crippen molar-refractivity contribution >= 4 is 0 Å². The lowest BCUT2D eigenvalue weighted by atomic mass is 9.41. The van der Waals surface area contributed by atoms with E-state index < -0.39 is 23.9 Å². The van der Waals surface area contributed by atoms with E-state index >= 15 is 0 Å². The second-order valence-corrected chi connectivity index (χ2v) is 21.0. The molecule has 4 aliphatic heterocycles. The zero-order chi connectivity index (χ0) is 35.9. The highest BCUT2D eigenvalue weighted by Gasteiger charge is 2.84. The number of hydrogen-bond acceptors (Lipinski definition) is 9. The van der Waals surface area contributed by atoms with Gasteiger partial charge in [0.05, 0.1) is 55.9 Å². The molecule has 9 heteroatoms. The molecule has 0 bridgehead atoms. The second kappa shape index (κ2) is 12.1. The van der Waals surface area contributed by atoms with E-state index in [1.165, 1.54) is 51.6 Å². The molecule has 9 nitrogen and oxygen atoms in total. The molecule has 0 aromatic heterocycles. The number of aliphatic hydroxyl groups excluding tert-OH is 2. The normalized spacial score (nSPS) is 52.5. The van der Waals surface area contributed by atoms with E-state index in [1.54, 1.807) is 13.8 Å². The molecule has 5 aliphatic carbocycles. The second-order valence-electron chi connectivity index (χ2n) is 21.0. The molecule has 0 aromatic carbocycles. The lowest BCUT2D eigenvalue weighted by molar-refractivity contribution is -0.252. The van der Waals surface area contributed by atoms with Gasteiger partial charge < -0.3 is 34.3 Å². The molecule has 4 saturated heterocycles. The quantitative estimate of drug-likeness (QED) is 0.357. The maximum absolute atomic E-state index is 12.5. The molecule has 9 rings (SSSR count). The van der Waals surface area contributed by atoms with Gasteiger partial charge in [0.2, 0.25) is 0 Å². The zero-order valence-corrected chi connectivity index (χ0v) is 32.8. The first-order valence-corrected chi connectivity index (χ1v) is 21.1. The van der Waals surface area contributed by atoms with Gasteiger partial charge in [0, 0.05) is 37.6 Å². The Hall–Kier alpha value is -0.360. The van der Waals surface area contributed by atoms with Crippen LogP contribution in [0.25, 0.3) is 0 Å². The first-order chi connectivity index (χ1) is 24.1. The van der Waals surface area contributed by atoms with E-state index in [4.69, 9.17) is 18.9 Å². The lowest BCUT2D eigenvalue weighted by Crippen LogP contribution is -2.60. The van der Waals surface area contributed by atoms with Crippen LogP contribution >= 0.6 is 0 Å².